The van der Waals surface area contributed by atoms with E-state index in [0.717, 1.165) is 17.0 Å². The van der Waals surface area contributed by atoms with Gasteiger partial charge >= 0.3 is 0 Å². The maximum Gasteiger partial charge on any atom is 0.143 e. The highest BCUT2D eigenvalue weighted by Crippen LogP contribution is 2.18. The van der Waals surface area contributed by atoms with E-state index < -0.39 is 12.1 Å². The predicted molar refractivity (Wildman–Crippen MR) is 105 cm³/mol. The van der Waals surface area contributed by atoms with Crippen molar-refractivity contribution >= 4 is 11.5 Å². The van der Waals surface area contributed by atoms with E-state index in [9.17, 15) is 4.79 Å². The van der Waals surface area contributed by atoms with Gasteiger partial charge in [0.2, 0.25) is 0 Å². The van der Waals surface area contributed by atoms with Crippen molar-refractivity contribution in [3.63, 3.8) is 0 Å². The van der Waals surface area contributed by atoms with Crippen LogP contribution in [0.2, 0.25) is 0 Å². The summed E-state index contributed by atoms with van der Waals surface area (Å²) < 4.78 is 11.0. The Balaban J connectivity index is 2.12. The second-order valence-corrected chi connectivity index (χ2v) is 5.95. The molecule has 0 aliphatic rings. The molecule has 0 amide bonds. The molecule has 0 spiro atoms. The Kier molecular flexibility index (Phi) is 8.16. The maximum absolute atomic E-state index is 12.3. The summed E-state index contributed by atoms with van der Waals surface area (Å²) in [6, 6.07) is 15.7. The lowest BCUT2D eigenvalue weighted by Gasteiger charge is -2.25. The van der Waals surface area contributed by atoms with Gasteiger partial charge in [0.1, 0.15) is 17.6 Å². The van der Waals surface area contributed by atoms with E-state index in [1.54, 1.807) is 14.0 Å². The summed E-state index contributed by atoms with van der Waals surface area (Å²) in [7, 11) is 1.60. The van der Waals surface area contributed by atoms with Crippen LogP contribution in [0.15, 0.2) is 59.7 Å². The third-order valence-electron chi connectivity index (χ3n) is 4.09. The molecule has 2 rings (SSSR count). The van der Waals surface area contributed by atoms with Crippen LogP contribution in [-0.4, -0.2) is 31.6 Å². The first kappa shape index (κ1) is 20.3. The van der Waals surface area contributed by atoms with Crippen LogP contribution >= 0.6 is 0 Å². The number of nitrogens with zero attached hydrogens (tertiary/aromatic N) is 3. The molecule has 0 bridgehead atoms. The Morgan fingerprint density at radius 1 is 1.19 bits per heavy atom. The minimum atomic E-state index is -0.849. The molecular formula is C20H24N4O3. The topological polar surface area (TPSA) is 96.3 Å². The average Bonchev–Trinajstić information content (AvgIpc) is 2.72. The first-order valence-corrected chi connectivity index (χ1v) is 8.77. The normalized spacial score (nSPS) is 12.5. The number of hydrogen-bond acceptors (Lipinski definition) is 5. The first-order chi connectivity index (χ1) is 13.2. The van der Waals surface area contributed by atoms with Crippen LogP contribution in [0.25, 0.3) is 10.4 Å². The van der Waals surface area contributed by atoms with Crippen LogP contribution in [0, 0.1) is 0 Å². The van der Waals surface area contributed by atoms with Gasteiger partial charge in [0.05, 0.1) is 26.4 Å². The lowest BCUT2D eigenvalue weighted by Crippen LogP contribution is -2.41. The van der Waals surface area contributed by atoms with Crippen molar-refractivity contribution in [2.45, 2.75) is 32.0 Å². The van der Waals surface area contributed by atoms with Crippen molar-refractivity contribution in [1.82, 2.24) is 0 Å². The molecule has 7 heteroatoms. The van der Waals surface area contributed by atoms with E-state index in [1.807, 2.05) is 54.6 Å². The fraction of sp³-hybridized carbons (Fsp3) is 0.350. The molecule has 2 atom stereocenters. The Morgan fingerprint density at radius 2 is 1.89 bits per heavy atom. The molecule has 7 nitrogen and oxygen atoms in total. The Hall–Kier alpha value is -3.02. The molecular weight excluding hydrogens is 344 g/mol. The third kappa shape index (κ3) is 6.33. The molecule has 0 saturated carbocycles. The van der Waals surface area contributed by atoms with Gasteiger partial charge in [-0.25, -0.2) is 0 Å². The number of ether oxygens (including phenoxy) is 2. The van der Waals surface area contributed by atoms with Crippen LogP contribution in [0.4, 0.5) is 5.69 Å². The van der Waals surface area contributed by atoms with Gasteiger partial charge in [-0.2, -0.15) is 0 Å². The molecule has 0 saturated heterocycles. The highest BCUT2D eigenvalue weighted by molar-refractivity contribution is 5.85. The summed E-state index contributed by atoms with van der Waals surface area (Å²) in [6.07, 6.45) is 0.281. The molecule has 142 valence electrons. The number of rotatable bonds is 11. The van der Waals surface area contributed by atoms with Crippen LogP contribution in [0.3, 0.4) is 0 Å². The van der Waals surface area contributed by atoms with E-state index in [2.05, 4.69) is 15.3 Å². The number of carbonyl (C=O) groups excluding carboxylic acids is 1. The van der Waals surface area contributed by atoms with E-state index in [4.69, 9.17) is 15.0 Å². The van der Waals surface area contributed by atoms with E-state index >= 15 is 0 Å². The molecule has 0 heterocycles. The fourth-order valence-electron chi connectivity index (χ4n) is 2.63. The number of Topliss-reactive ketones (excluding diaryl/α,β-unsaturated/α-hetero) is 1. The number of azide groups is 1. The van der Waals surface area contributed by atoms with Crippen LogP contribution < -0.4 is 10.1 Å². The summed E-state index contributed by atoms with van der Waals surface area (Å²) in [5.41, 5.74) is 10.7. The lowest BCUT2D eigenvalue weighted by atomic mass is 10.0. The predicted octanol–water partition coefficient (Wildman–Crippen LogP) is 4.35. The number of nitrogens with one attached hydrogen (secondary N) is 1. The standard InChI is InChI=1S/C20H24N4O3/c1-3-19(25)20(23-24-21)18(14-27-13-15-7-5-4-6-8-15)22-16-9-11-17(26-2)12-10-16/h4-12,18,20,22H,3,13-14H2,1-2H3/t18-,20+/m1/s1. The summed E-state index contributed by atoms with van der Waals surface area (Å²) >= 11 is 0. The van der Waals surface area contributed by atoms with Gasteiger partial charge in [0.15, 0.2) is 0 Å². The number of methoxy groups -OCH3 is 1. The zero-order valence-corrected chi connectivity index (χ0v) is 15.5. The van der Waals surface area contributed by atoms with Gasteiger partial charge in [-0.3, -0.25) is 4.79 Å². The van der Waals surface area contributed by atoms with Gasteiger partial charge in [-0.15, -0.1) is 0 Å². The molecule has 0 aliphatic heterocycles. The van der Waals surface area contributed by atoms with E-state index in [0.29, 0.717) is 6.61 Å². The highest BCUT2D eigenvalue weighted by atomic mass is 16.5. The van der Waals surface area contributed by atoms with Gasteiger partial charge in [0.25, 0.3) is 0 Å². The maximum atomic E-state index is 12.3. The van der Waals surface area contributed by atoms with E-state index in [1.165, 1.54) is 0 Å². The molecule has 0 aliphatic carbocycles. The number of ketones is 1. The third-order valence-corrected chi connectivity index (χ3v) is 4.09. The number of anilines is 1. The molecule has 0 fully saturated rings. The summed E-state index contributed by atoms with van der Waals surface area (Å²) in [5.74, 6) is 0.593. The molecule has 0 unspecified atom stereocenters. The van der Waals surface area contributed by atoms with Gasteiger partial charge in [-0.1, -0.05) is 42.4 Å². The van der Waals surface area contributed by atoms with Crippen LogP contribution in [0.1, 0.15) is 18.9 Å². The molecule has 0 radical (unpaired) electrons. The average molecular weight is 368 g/mol. The largest absolute Gasteiger partial charge is 0.497 e. The molecule has 2 aromatic rings. The van der Waals surface area contributed by atoms with Crippen molar-refractivity contribution in [2.24, 2.45) is 5.11 Å². The minimum absolute atomic E-state index is 0.137. The highest BCUT2D eigenvalue weighted by Gasteiger charge is 2.26. The van der Waals surface area contributed by atoms with Crippen molar-refractivity contribution in [1.29, 1.82) is 0 Å². The zero-order valence-electron chi connectivity index (χ0n) is 15.5. The van der Waals surface area contributed by atoms with Gasteiger partial charge < -0.3 is 14.8 Å². The van der Waals surface area contributed by atoms with Crippen LogP contribution in [-0.2, 0) is 16.1 Å². The Morgan fingerprint density at radius 3 is 2.48 bits per heavy atom. The first-order valence-electron chi connectivity index (χ1n) is 8.77. The fourth-order valence-corrected chi connectivity index (χ4v) is 2.63. The summed E-state index contributed by atoms with van der Waals surface area (Å²) in [5, 5.41) is 6.97. The Labute approximate surface area is 158 Å². The Bertz CT molecular complexity index is 759. The van der Waals surface area contributed by atoms with E-state index in [-0.39, 0.29) is 18.8 Å². The minimum Gasteiger partial charge on any atom is -0.497 e. The SMILES string of the molecule is CCC(=O)[C@@H](N=[N+]=[N-])[C@@H](COCc1ccccc1)Nc1ccc(OC)cc1. The van der Waals surface area contributed by atoms with Gasteiger partial charge in [-0.05, 0) is 35.4 Å². The summed E-state index contributed by atoms with van der Waals surface area (Å²) in [6.45, 7) is 2.37. The van der Waals surface area contributed by atoms with Crippen molar-refractivity contribution in [3.8, 4) is 5.75 Å². The molecule has 27 heavy (non-hydrogen) atoms. The zero-order chi connectivity index (χ0) is 19.5. The molecule has 2 aromatic carbocycles. The van der Waals surface area contributed by atoms with Crippen molar-refractivity contribution < 1.29 is 14.3 Å². The number of carbonyl (C=O) groups is 1. The smallest absolute Gasteiger partial charge is 0.143 e. The monoisotopic (exact) mass is 368 g/mol. The van der Waals surface area contributed by atoms with Crippen molar-refractivity contribution in [3.05, 3.63) is 70.6 Å². The summed E-state index contributed by atoms with van der Waals surface area (Å²) in [4.78, 5) is 15.1. The number of hydrogen-bond donors (Lipinski definition) is 1. The van der Waals surface area contributed by atoms with Gasteiger partial charge in [0, 0.05) is 17.0 Å². The molecule has 0 aromatic heterocycles. The van der Waals surface area contributed by atoms with Crippen molar-refractivity contribution in [2.75, 3.05) is 19.0 Å². The van der Waals surface area contributed by atoms with Crippen LogP contribution in [0.5, 0.6) is 5.75 Å². The second kappa shape index (κ2) is 10.9. The second-order valence-electron chi connectivity index (χ2n) is 5.95. The quantitative estimate of drug-likeness (QED) is 0.362. The number of benzene rings is 2. The molecule has 1 N–H and O–H groups in total. The lowest BCUT2D eigenvalue weighted by molar-refractivity contribution is -0.120.